The summed E-state index contributed by atoms with van der Waals surface area (Å²) in [5, 5.41) is 7.32. The number of allylic oxidation sites excluding steroid dienone is 1. The molecule has 4 aromatic rings. The molecule has 176 valence electrons. The second-order valence-corrected chi connectivity index (χ2v) is 7.98. The first-order chi connectivity index (χ1) is 17.1. The van der Waals surface area contributed by atoms with Gasteiger partial charge in [0.15, 0.2) is 0 Å². The first-order valence-electron chi connectivity index (χ1n) is 11.1. The zero-order chi connectivity index (χ0) is 24.4. The molecule has 1 atom stereocenters. The first-order valence-corrected chi connectivity index (χ1v) is 11.1. The van der Waals surface area contributed by atoms with Crippen LogP contribution in [-0.4, -0.2) is 30.4 Å². The van der Waals surface area contributed by atoms with Crippen LogP contribution in [-0.2, 0) is 0 Å². The van der Waals surface area contributed by atoms with E-state index >= 15 is 0 Å². The molecular weight excluding hydrogens is 444 g/mol. The van der Waals surface area contributed by atoms with Gasteiger partial charge in [0.05, 0.1) is 31.5 Å². The Kier molecular flexibility index (Phi) is 5.93. The Morgan fingerprint density at radius 3 is 2.37 bits per heavy atom. The van der Waals surface area contributed by atoms with E-state index in [2.05, 4.69) is 10.5 Å². The van der Waals surface area contributed by atoms with Gasteiger partial charge in [-0.1, -0.05) is 53.7 Å². The molecule has 1 aliphatic heterocycles. The van der Waals surface area contributed by atoms with Crippen molar-refractivity contribution in [2.24, 2.45) is 0 Å². The minimum atomic E-state index is -0.468. The Balaban J connectivity index is 1.64. The Morgan fingerprint density at radius 2 is 1.63 bits per heavy atom. The molecule has 1 aliphatic rings. The summed E-state index contributed by atoms with van der Waals surface area (Å²) in [5.41, 5.74) is 3.72. The van der Waals surface area contributed by atoms with Crippen molar-refractivity contribution in [2.45, 2.75) is 13.0 Å². The molecule has 35 heavy (non-hydrogen) atoms. The molecular formula is C27H24N4O4. The number of carbonyl (C=O) groups excluding carboxylic acids is 1. The largest absolute Gasteiger partial charge is 0.497 e. The van der Waals surface area contributed by atoms with E-state index in [4.69, 9.17) is 19.0 Å². The van der Waals surface area contributed by atoms with Crippen LogP contribution in [0.3, 0.4) is 0 Å². The van der Waals surface area contributed by atoms with Gasteiger partial charge in [-0.05, 0) is 36.8 Å². The molecule has 2 heterocycles. The number of nitrogens with zero attached hydrogens (tertiary/aromatic N) is 3. The highest BCUT2D eigenvalue weighted by molar-refractivity contribution is 6.01. The lowest BCUT2D eigenvalue weighted by Crippen LogP contribution is -2.46. The highest BCUT2D eigenvalue weighted by Gasteiger charge is 2.36. The van der Waals surface area contributed by atoms with E-state index in [9.17, 15) is 4.79 Å². The van der Waals surface area contributed by atoms with Crippen molar-refractivity contribution >= 4 is 17.3 Å². The van der Waals surface area contributed by atoms with Crippen LogP contribution in [0.4, 0.5) is 10.5 Å². The summed E-state index contributed by atoms with van der Waals surface area (Å²) in [6, 6.07) is 23.7. The number of hydrogen-bond donors (Lipinski definition) is 1. The maximum Gasteiger partial charge on any atom is 0.327 e. The molecule has 8 heteroatoms. The number of rotatable bonds is 6. The lowest BCUT2D eigenvalue weighted by Gasteiger charge is -2.35. The Hall–Kier alpha value is -4.59. The fourth-order valence-corrected chi connectivity index (χ4v) is 4.19. The summed E-state index contributed by atoms with van der Waals surface area (Å²) < 4.78 is 16.4. The second-order valence-electron chi connectivity index (χ2n) is 7.98. The summed E-state index contributed by atoms with van der Waals surface area (Å²) in [7, 11) is 3.20. The van der Waals surface area contributed by atoms with Crippen molar-refractivity contribution in [3.05, 3.63) is 96.0 Å². The third-order valence-corrected chi connectivity index (χ3v) is 5.91. The molecule has 1 unspecified atom stereocenters. The van der Waals surface area contributed by atoms with Crippen molar-refractivity contribution in [1.82, 2.24) is 15.5 Å². The molecule has 0 saturated carbocycles. The Morgan fingerprint density at radius 1 is 0.914 bits per heavy atom. The molecule has 8 nitrogen and oxygen atoms in total. The van der Waals surface area contributed by atoms with Crippen molar-refractivity contribution in [1.29, 1.82) is 0 Å². The van der Waals surface area contributed by atoms with E-state index in [-0.39, 0.29) is 6.03 Å². The van der Waals surface area contributed by atoms with E-state index in [0.29, 0.717) is 40.2 Å². The van der Waals surface area contributed by atoms with Crippen molar-refractivity contribution < 1.29 is 18.8 Å². The summed E-state index contributed by atoms with van der Waals surface area (Å²) in [4.78, 5) is 19.6. The fraction of sp³-hybridized carbons (Fsp3) is 0.148. The molecule has 5 rings (SSSR count). The fourth-order valence-electron chi connectivity index (χ4n) is 4.19. The van der Waals surface area contributed by atoms with Gasteiger partial charge in [0.2, 0.25) is 5.82 Å². The van der Waals surface area contributed by atoms with Crippen molar-refractivity contribution in [2.75, 3.05) is 19.1 Å². The van der Waals surface area contributed by atoms with Crippen molar-refractivity contribution in [3.8, 4) is 22.9 Å². The van der Waals surface area contributed by atoms with Gasteiger partial charge in [-0.2, -0.15) is 4.98 Å². The smallest absolute Gasteiger partial charge is 0.327 e. The zero-order valence-corrected chi connectivity index (χ0v) is 19.6. The van der Waals surface area contributed by atoms with Crippen LogP contribution in [0.25, 0.3) is 17.0 Å². The second kappa shape index (κ2) is 9.34. The number of methoxy groups -OCH3 is 2. The minimum absolute atomic E-state index is 0.263. The molecule has 0 aliphatic carbocycles. The van der Waals surface area contributed by atoms with Crippen LogP contribution in [0.15, 0.2) is 89.1 Å². The van der Waals surface area contributed by atoms with Gasteiger partial charge in [-0.15, -0.1) is 0 Å². The topological polar surface area (TPSA) is 89.7 Å². The molecule has 1 N–H and O–H groups in total. The summed E-state index contributed by atoms with van der Waals surface area (Å²) >= 11 is 0. The van der Waals surface area contributed by atoms with Gasteiger partial charge in [-0.3, -0.25) is 4.90 Å². The van der Waals surface area contributed by atoms with Gasteiger partial charge in [0.1, 0.15) is 11.5 Å². The minimum Gasteiger partial charge on any atom is -0.497 e. The van der Waals surface area contributed by atoms with Gasteiger partial charge in [0.25, 0.3) is 5.89 Å². The third-order valence-electron chi connectivity index (χ3n) is 5.91. The molecule has 0 bridgehead atoms. The molecule has 0 fully saturated rings. The molecule has 2 amide bonds. The van der Waals surface area contributed by atoms with Crippen LogP contribution in [0.1, 0.15) is 24.4 Å². The lowest BCUT2D eigenvalue weighted by molar-refractivity contribution is 0.244. The summed E-state index contributed by atoms with van der Waals surface area (Å²) in [5.74, 6) is 2.09. The summed E-state index contributed by atoms with van der Waals surface area (Å²) in [6.45, 7) is 1.87. The number of nitrogens with one attached hydrogen (secondary N) is 1. The molecule has 1 aromatic heterocycles. The van der Waals surface area contributed by atoms with Gasteiger partial charge < -0.3 is 19.3 Å². The van der Waals surface area contributed by atoms with Gasteiger partial charge in [-0.25, -0.2) is 4.79 Å². The van der Waals surface area contributed by atoms with Crippen molar-refractivity contribution in [3.63, 3.8) is 0 Å². The van der Waals surface area contributed by atoms with E-state index in [0.717, 1.165) is 11.1 Å². The van der Waals surface area contributed by atoms with Gasteiger partial charge in [0, 0.05) is 17.3 Å². The molecule has 0 radical (unpaired) electrons. The number of hydrogen-bond acceptors (Lipinski definition) is 6. The number of urea groups is 1. The van der Waals surface area contributed by atoms with Crippen LogP contribution in [0.5, 0.6) is 11.5 Å². The van der Waals surface area contributed by atoms with Crippen LogP contribution in [0.2, 0.25) is 0 Å². The number of amides is 2. The van der Waals surface area contributed by atoms with E-state index in [1.54, 1.807) is 25.2 Å². The Labute approximate surface area is 202 Å². The van der Waals surface area contributed by atoms with Crippen LogP contribution >= 0.6 is 0 Å². The van der Waals surface area contributed by atoms with Gasteiger partial charge >= 0.3 is 6.03 Å². The quantitative estimate of drug-likeness (QED) is 0.404. The maximum absolute atomic E-state index is 13.3. The van der Waals surface area contributed by atoms with E-state index in [1.165, 1.54) is 0 Å². The average molecular weight is 469 g/mol. The Bertz CT molecular complexity index is 1400. The predicted molar refractivity (Wildman–Crippen MR) is 132 cm³/mol. The average Bonchev–Trinajstić information content (AvgIpc) is 3.39. The summed E-state index contributed by atoms with van der Waals surface area (Å²) in [6.07, 6.45) is 0. The lowest BCUT2D eigenvalue weighted by atomic mass is 9.94. The SMILES string of the molecule is COc1cccc(-c2noc(C3=C(C)N(c4cccc(OC)c4)C(=O)NC3c3ccccc3)n2)c1. The third kappa shape index (κ3) is 4.21. The highest BCUT2D eigenvalue weighted by atomic mass is 16.5. The molecule has 0 saturated heterocycles. The number of benzene rings is 3. The normalized spacial score (nSPS) is 15.7. The standard InChI is InChI=1S/C27H24N4O4/c1-17-23(26-29-25(30-35-26)19-11-7-13-21(15-19)33-2)24(18-9-5-4-6-10-18)28-27(32)31(17)20-12-8-14-22(16-20)34-3/h4-16,24H,1-3H3,(H,28,32). The molecule has 3 aromatic carbocycles. The monoisotopic (exact) mass is 468 g/mol. The number of anilines is 1. The number of carbonyl (C=O) groups is 1. The maximum atomic E-state index is 13.3. The highest BCUT2D eigenvalue weighted by Crippen LogP contribution is 2.39. The molecule has 0 spiro atoms. The van der Waals surface area contributed by atoms with E-state index in [1.807, 2.05) is 79.7 Å². The predicted octanol–water partition coefficient (Wildman–Crippen LogP) is 5.46. The van der Waals surface area contributed by atoms with E-state index < -0.39 is 6.04 Å². The first kappa shape index (κ1) is 22.2. The zero-order valence-electron chi connectivity index (χ0n) is 19.6. The van der Waals surface area contributed by atoms with Crippen LogP contribution in [0, 0.1) is 0 Å². The van der Waals surface area contributed by atoms with Crippen LogP contribution < -0.4 is 19.7 Å². The number of aromatic nitrogens is 2. The number of ether oxygens (including phenoxy) is 2.